The average Bonchev–Trinajstić information content (AvgIpc) is 2.28. The molecule has 0 saturated heterocycles. The predicted molar refractivity (Wildman–Crippen MR) is 63.8 cm³/mol. The Morgan fingerprint density at radius 2 is 2.18 bits per heavy atom. The Hall–Kier alpha value is -1.66. The molecule has 0 radical (unpaired) electrons. The summed E-state index contributed by atoms with van der Waals surface area (Å²) < 4.78 is 0. The standard InChI is InChI=1S/C11H16N2O4/c1-8(4-5-14)12-10-6-9(7-15)2-3-11(10)13(16)17/h2-3,6,8,12,14-15H,4-5,7H2,1H3/t8-/m0/s1. The molecule has 0 unspecified atom stereocenters. The second-order valence-corrected chi connectivity index (χ2v) is 3.82. The minimum absolute atomic E-state index is 0.0155. The first-order valence-corrected chi connectivity index (χ1v) is 5.34. The Balaban J connectivity index is 2.96. The molecule has 94 valence electrons. The fourth-order valence-electron chi connectivity index (χ4n) is 1.49. The van der Waals surface area contributed by atoms with Crippen molar-refractivity contribution in [3.05, 3.63) is 33.9 Å². The SMILES string of the molecule is C[C@@H](CCO)Nc1cc(CO)ccc1[N+](=O)[O-]. The molecule has 1 rings (SSSR count). The van der Waals surface area contributed by atoms with Crippen LogP contribution in [0.2, 0.25) is 0 Å². The first kappa shape index (κ1) is 13.4. The van der Waals surface area contributed by atoms with Crippen molar-refractivity contribution in [2.45, 2.75) is 26.0 Å². The van der Waals surface area contributed by atoms with E-state index in [2.05, 4.69) is 5.32 Å². The zero-order chi connectivity index (χ0) is 12.8. The van der Waals surface area contributed by atoms with Gasteiger partial charge in [-0.2, -0.15) is 0 Å². The third-order valence-corrected chi connectivity index (χ3v) is 2.40. The van der Waals surface area contributed by atoms with E-state index in [0.717, 1.165) is 0 Å². The van der Waals surface area contributed by atoms with Gasteiger partial charge >= 0.3 is 0 Å². The molecule has 0 spiro atoms. The van der Waals surface area contributed by atoms with Crippen LogP contribution in [0.3, 0.4) is 0 Å². The topological polar surface area (TPSA) is 95.6 Å². The lowest BCUT2D eigenvalue weighted by Gasteiger charge is -2.14. The van der Waals surface area contributed by atoms with Crippen molar-refractivity contribution in [2.75, 3.05) is 11.9 Å². The summed E-state index contributed by atoms with van der Waals surface area (Å²) in [5, 5.41) is 31.5. The van der Waals surface area contributed by atoms with Gasteiger partial charge in [-0.1, -0.05) is 0 Å². The van der Waals surface area contributed by atoms with Crippen molar-refractivity contribution in [3.8, 4) is 0 Å². The maximum absolute atomic E-state index is 10.8. The number of benzene rings is 1. The molecule has 1 atom stereocenters. The van der Waals surface area contributed by atoms with Gasteiger partial charge in [0.05, 0.1) is 11.5 Å². The number of hydrogen-bond donors (Lipinski definition) is 3. The second-order valence-electron chi connectivity index (χ2n) is 3.82. The van der Waals surface area contributed by atoms with Gasteiger partial charge in [-0.25, -0.2) is 0 Å². The molecule has 0 aliphatic rings. The largest absolute Gasteiger partial charge is 0.396 e. The van der Waals surface area contributed by atoms with Crippen LogP contribution in [-0.2, 0) is 6.61 Å². The fraction of sp³-hybridized carbons (Fsp3) is 0.455. The van der Waals surface area contributed by atoms with Crippen LogP contribution in [-0.4, -0.2) is 27.8 Å². The Morgan fingerprint density at radius 3 is 2.71 bits per heavy atom. The van der Waals surface area contributed by atoms with Gasteiger partial charge in [-0.15, -0.1) is 0 Å². The molecule has 0 aliphatic heterocycles. The van der Waals surface area contributed by atoms with Crippen LogP contribution in [0.5, 0.6) is 0 Å². The van der Waals surface area contributed by atoms with Gasteiger partial charge in [0.25, 0.3) is 5.69 Å². The molecule has 3 N–H and O–H groups in total. The molecule has 0 saturated carbocycles. The third kappa shape index (κ3) is 3.69. The van der Waals surface area contributed by atoms with Crippen LogP contribution < -0.4 is 5.32 Å². The first-order valence-electron chi connectivity index (χ1n) is 5.34. The maximum atomic E-state index is 10.8. The number of aliphatic hydroxyl groups is 2. The van der Waals surface area contributed by atoms with Gasteiger partial charge in [-0.3, -0.25) is 10.1 Å². The van der Waals surface area contributed by atoms with Gasteiger partial charge in [0.2, 0.25) is 0 Å². The molecule has 0 aromatic heterocycles. The highest BCUT2D eigenvalue weighted by Gasteiger charge is 2.15. The number of nitro benzene ring substituents is 1. The van der Waals surface area contributed by atoms with Gasteiger partial charge in [-0.05, 0) is 31.0 Å². The van der Waals surface area contributed by atoms with E-state index in [9.17, 15) is 10.1 Å². The highest BCUT2D eigenvalue weighted by molar-refractivity contribution is 5.63. The van der Waals surface area contributed by atoms with Crippen molar-refractivity contribution < 1.29 is 15.1 Å². The van der Waals surface area contributed by atoms with Gasteiger partial charge in [0, 0.05) is 18.7 Å². The lowest BCUT2D eigenvalue weighted by atomic mass is 10.1. The molecule has 17 heavy (non-hydrogen) atoms. The molecule has 0 heterocycles. The van der Waals surface area contributed by atoms with Crippen LogP contribution >= 0.6 is 0 Å². The first-order chi connectivity index (χ1) is 8.08. The number of anilines is 1. The Labute approximate surface area is 99.0 Å². The number of aliphatic hydroxyl groups excluding tert-OH is 2. The van der Waals surface area contributed by atoms with Gasteiger partial charge in [0.1, 0.15) is 5.69 Å². The number of nitrogens with one attached hydrogen (secondary N) is 1. The monoisotopic (exact) mass is 240 g/mol. The molecule has 6 heteroatoms. The van der Waals surface area contributed by atoms with Crippen molar-refractivity contribution in [3.63, 3.8) is 0 Å². The van der Waals surface area contributed by atoms with E-state index < -0.39 is 4.92 Å². The van der Waals surface area contributed by atoms with Gasteiger partial charge in [0.15, 0.2) is 0 Å². The molecule has 1 aromatic carbocycles. The Morgan fingerprint density at radius 1 is 1.47 bits per heavy atom. The van der Waals surface area contributed by atoms with Crippen LogP contribution in [0, 0.1) is 10.1 Å². The lowest BCUT2D eigenvalue weighted by molar-refractivity contribution is -0.384. The number of nitro groups is 1. The molecule has 0 bridgehead atoms. The van der Waals surface area contributed by atoms with Crippen molar-refractivity contribution in [1.29, 1.82) is 0 Å². The zero-order valence-corrected chi connectivity index (χ0v) is 9.59. The van der Waals surface area contributed by atoms with E-state index in [1.807, 2.05) is 6.92 Å². The van der Waals surface area contributed by atoms with Crippen LogP contribution in [0.25, 0.3) is 0 Å². The van der Waals surface area contributed by atoms with Crippen LogP contribution in [0.1, 0.15) is 18.9 Å². The summed E-state index contributed by atoms with van der Waals surface area (Å²) in [6.45, 7) is 1.67. The summed E-state index contributed by atoms with van der Waals surface area (Å²) >= 11 is 0. The lowest BCUT2D eigenvalue weighted by Crippen LogP contribution is -2.17. The van der Waals surface area contributed by atoms with E-state index in [1.54, 1.807) is 6.07 Å². The summed E-state index contributed by atoms with van der Waals surface area (Å²) in [5.74, 6) is 0. The fourth-order valence-corrected chi connectivity index (χ4v) is 1.49. The van der Waals surface area contributed by atoms with E-state index in [-0.39, 0.29) is 24.9 Å². The molecule has 0 aliphatic carbocycles. The predicted octanol–water partition coefficient (Wildman–Crippen LogP) is 1.27. The quantitative estimate of drug-likeness (QED) is 0.514. The summed E-state index contributed by atoms with van der Waals surface area (Å²) in [6, 6.07) is 4.35. The normalized spacial score (nSPS) is 12.2. The molecule has 0 fully saturated rings. The zero-order valence-electron chi connectivity index (χ0n) is 9.59. The third-order valence-electron chi connectivity index (χ3n) is 2.40. The van der Waals surface area contributed by atoms with Crippen LogP contribution in [0.4, 0.5) is 11.4 Å². The highest BCUT2D eigenvalue weighted by atomic mass is 16.6. The summed E-state index contributed by atoms with van der Waals surface area (Å²) in [4.78, 5) is 10.3. The molecule has 6 nitrogen and oxygen atoms in total. The maximum Gasteiger partial charge on any atom is 0.292 e. The molecule has 1 aromatic rings. The molecular weight excluding hydrogens is 224 g/mol. The van der Waals surface area contributed by atoms with E-state index >= 15 is 0 Å². The van der Waals surface area contributed by atoms with Gasteiger partial charge < -0.3 is 15.5 Å². The number of rotatable bonds is 6. The van der Waals surface area contributed by atoms with E-state index in [1.165, 1.54) is 12.1 Å². The highest BCUT2D eigenvalue weighted by Crippen LogP contribution is 2.26. The average molecular weight is 240 g/mol. The number of nitrogens with zero attached hydrogens (tertiary/aromatic N) is 1. The number of hydrogen-bond acceptors (Lipinski definition) is 5. The van der Waals surface area contributed by atoms with Crippen molar-refractivity contribution in [1.82, 2.24) is 0 Å². The Kier molecular flexibility index (Phi) is 4.86. The summed E-state index contributed by atoms with van der Waals surface area (Å²) in [7, 11) is 0. The Bertz CT molecular complexity index is 395. The minimum Gasteiger partial charge on any atom is -0.396 e. The minimum atomic E-state index is -0.477. The van der Waals surface area contributed by atoms with E-state index in [0.29, 0.717) is 17.7 Å². The van der Waals surface area contributed by atoms with Crippen molar-refractivity contribution >= 4 is 11.4 Å². The van der Waals surface area contributed by atoms with E-state index in [4.69, 9.17) is 10.2 Å². The molecular formula is C11H16N2O4. The summed E-state index contributed by atoms with van der Waals surface area (Å²) in [5.41, 5.74) is 0.934. The second kappa shape index (κ2) is 6.17. The van der Waals surface area contributed by atoms with Crippen molar-refractivity contribution in [2.24, 2.45) is 0 Å². The molecule has 0 amide bonds. The summed E-state index contributed by atoms with van der Waals surface area (Å²) in [6.07, 6.45) is 0.501. The van der Waals surface area contributed by atoms with Crippen LogP contribution in [0.15, 0.2) is 18.2 Å². The smallest absolute Gasteiger partial charge is 0.292 e.